The molecule has 0 saturated heterocycles. The van der Waals surface area contributed by atoms with Crippen LogP contribution in [-0.2, 0) is 6.54 Å². The van der Waals surface area contributed by atoms with Crippen molar-refractivity contribution in [2.45, 2.75) is 19.9 Å². The lowest BCUT2D eigenvalue weighted by atomic mass is 10.1. The van der Waals surface area contributed by atoms with E-state index in [0.717, 1.165) is 13.0 Å². The molecule has 0 aliphatic carbocycles. The number of rotatable bonds is 4. The van der Waals surface area contributed by atoms with Crippen LogP contribution in [0.1, 0.15) is 29.4 Å². The van der Waals surface area contributed by atoms with E-state index in [4.69, 9.17) is 0 Å². The molecule has 0 N–H and O–H groups in total. The molecule has 82 valence electrons. The van der Waals surface area contributed by atoms with Gasteiger partial charge >= 0.3 is 0 Å². The molecule has 4 heteroatoms. The Hall–Kier alpha value is -1.97. The summed E-state index contributed by atoms with van der Waals surface area (Å²) in [4.78, 5) is 16.0. The predicted molar refractivity (Wildman–Crippen MR) is 60.2 cm³/mol. The van der Waals surface area contributed by atoms with Crippen LogP contribution < -0.4 is 0 Å². The third-order valence-corrected chi connectivity index (χ3v) is 2.25. The first kappa shape index (κ1) is 10.5. The normalized spacial score (nSPS) is 10.3. The van der Waals surface area contributed by atoms with Crippen molar-refractivity contribution >= 4 is 5.78 Å². The average Bonchev–Trinajstić information content (AvgIpc) is 2.78. The van der Waals surface area contributed by atoms with E-state index < -0.39 is 0 Å². The summed E-state index contributed by atoms with van der Waals surface area (Å²) in [5.41, 5.74) is 1.05. The van der Waals surface area contributed by atoms with Crippen molar-refractivity contribution in [3.8, 4) is 0 Å². The quantitative estimate of drug-likeness (QED) is 0.732. The Balaban J connectivity index is 2.21. The van der Waals surface area contributed by atoms with Gasteiger partial charge in [-0.25, -0.2) is 0 Å². The zero-order valence-corrected chi connectivity index (χ0v) is 9.13. The molecule has 0 aromatic carbocycles. The maximum atomic E-state index is 11.9. The first-order chi connectivity index (χ1) is 7.81. The molecule has 0 amide bonds. The van der Waals surface area contributed by atoms with Crippen LogP contribution in [0.15, 0.2) is 36.8 Å². The number of carbonyl (C=O) groups is 1. The average molecular weight is 215 g/mol. The van der Waals surface area contributed by atoms with E-state index in [1.54, 1.807) is 41.5 Å². The fourth-order valence-electron chi connectivity index (χ4n) is 1.48. The Bertz CT molecular complexity index is 476. The molecule has 2 rings (SSSR count). The Labute approximate surface area is 93.9 Å². The lowest BCUT2D eigenvalue weighted by molar-refractivity contribution is 0.103. The number of nitrogens with zero attached hydrogens (tertiary/aromatic N) is 3. The zero-order valence-electron chi connectivity index (χ0n) is 9.13. The van der Waals surface area contributed by atoms with Gasteiger partial charge in [0.25, 0.3) is 0 Å². The number of ketones is 1. The number of carbonyl (C=O) groups excluding carboxylic acids is 1. The molecule has 16 heavy (non-hydrogen) atoms. The van der Waals surface area contributed by atoms with Crippen molar-refractivity contribution < 1.29 is 4.79 Å². The van der Waals surface area contributed by atoms with Crippen molar-refractivity contribution in [2.24, 2.45) is 0 Å². The molecule has 0 saturated carbocycles. The number of hydrogen-bond acceptors (Lipinski definition) is 3. The van der Waals surface area contributed by atoms with Gasteiger partial charge in [-0.1, -0.05) is 13.0 Å². The second kappa shape index (κ2) is 4.70. The summed E-state index contributed by atoms with van der Waals surface area (Å²) < 4.78 is 1.77. The molecular weight excluding hydrogens is 202 g/mol. The summed E-state index contributed by atoms with van der Waals surface area (Å²) in [6, 6.07) is 5.30. The summed E-state index contributed by atoms with van der Waals surface area (Å²) in [7, 11) is 0. The molecule has 0 bridgehead atoms. The fraction of sp³-hybridized carbons (Fsp3) is 0.250. The van der Waals surface area contributed by atoms with E-state index in [1.165, 1.54) is 0 Å². The molecule has 0 atom stereocenters. The summed E-state index contributed by atoms with van der Waals surface area (Å²) in [5, 5.41) is 4.12. The highest BCUT2D eigenvalue weighted by Gasteiger charge is 2.11. The first-order valence-electron chi connectivity index (χ1n) is 5.29. The van der Waals surface area contributed by atoms with E-state index in [1.807, 2.05) is 0 Å². The van der Waals surface area contributed by atoms with Gasteiger partial charge in [0.05, 0.1) is 11.8 Å². The molecule has 0 radical (unpaired) electrons. The van der Waals surface area contributed by atoms with Crippen LogP contribution >= 0.6 is 0 Å². The molecule has 2 aromatic heterocycles. The Kier molecular flexibility index (Phi) is 3.10. The van der Waals surface area contributed by atoms with Gasteiger partial charge in [0.1, 0.15) is 5.69 Å². The minimum Gasteiger partial charge on any atom is -0.287 e. The van der Waals surface area contributed by atoms with Crippen LogP contribution in [0.3, 0.4) is 0 Å². The Morgan fingerprint density at radius 1 is 1.44 bits per heavy atom. The summed E-state index contributed by atoms with van der Waals surface area (Å²) in [6.07, 6.45) is 5.97. The number of pyridine rings is 1. The highest BCUT2D eigenvalue weighted by molar-refractivity contribution is 6.07. The number of hydrogen-bond donors (Lipinski definition) is 0. The van der Waals surface area contributed by atoms with Gasteiger partial charge < -0.3 is 0 Å². The largest absolute Gasteiger partial charge is 0.287 e. The lowest BCUT2D eigenvalue weighted by Gasteiger charge is -1.96. The third kappa shape index (κ3) is 2.16. The standard InChI is InChI=1S/C12H13N3O/c1-2-7-15-9-10(8-14-15)12(16)11-5-3-4-6-13-11/h3-6,8-9H,2,7H2,1H3. The maximum absolute atomic E-state index is 11.9. The molecule has 0 aliphatic rings. The second-order valence-corrected chi connectivity index (χ2v) is 3.54. The molecule has 0 spiro atoms. The van der Waals surface area contributed by atoms with Crippen molar-refractivity contribution in [1.29, 1.82) is 0 Å². The minimum atomic E-state index is -0.0806. The van der Waals surface area contributed by atoms with E-state index >= 15 is 0 Å². The molecule has 0 unspecified atom stereocenters. The van der Waals surface area contributed by atoms with Crippen LogP contribution in [-0.4, -0.2) is 20.5 Å². The van der Waals surface area contributed by atoms with Crippen LogP contribution in [0, 0.1) is 0 Å². The molecule has 4 nitrogen and oxygen atoms in total. The molecule has 2 aromatic rings. The van der Waals surface area contributed by atoms with Crippen molar-refractivity contribution in [3.63, 3.8) is 0 Å². The predicted octanol–water partition coefficient (Wildman–Crippen LogP) is 1.92. The van der Waals surface area contributed by atoms with Gasteiger partial charge in [-0.15, -0.1) is 0 Å². The zero-order chi connectivity index (χ0) is 11.4. The fourth-order valence-corrected chi connectivity index (χ4v) is 1.48. The van der Waals surface area contributed by atoms with E-state index in [0.29, 0.717) is 11.3 Å². The Morgan fingerprint density at radius 3 is 3.00 bits per heavy atom. The molecule has 0 aliphatic heterocycles. The van der Waals surface area contributed by atoms with E-state index in [-0.39, 0.29) is 5.78 Å². The van der Waals surface area contributed by atoms with Crippen molar-refractivity contribution in [3.05, 3.63) is 48.0 Å². The number of aromatic nitrogens is 3. The van der Waals surface area contributed by atoms with Crippen molar-refractivity contribution in [1.82, 2.24) is 14.8 Å². The molecular formula is C12H13N3O. The maximum Gasteiger partial charge on any atom is 0.214 e. The van der Waals surface area contributed by atoms with Crippen LogP contribution in [0.5, 0.6) is 0 Å². The topological polar surface area (TPSA) is 47.8 Å². The Morgan fingerprint density at radius 2 is 2.31 bits per heavy atom. The van der Waals surface area contributed by atoms with Gasteiger partial charge in [0.15, 0.2) is 0 Å². The van der Waals surface area contributed by atoms with Gasteiger partial charge in [0, 0.05) is 18.9 Å². The molecule has 0 fully saturated rings. The van der Waals surface area contributed by atoms with Crippen LogP contribution in [0.2, 0.25) is 0 Å². The number of aryl methyl sites for hydroxylation is 1. The molecule has 2 heterocycles. The summed E-state index contributed by atoms with van der Waals surface area (Å²) in [6.45, 7) is 2.90. The van der Waals surface area contributed by atoms with Gasteiger partial charge in [0.2, 0.25) is 5.78 Å². The highest BCUT2D eigenvalue weighted by Crippen LogP contribution is 2.06. The second-order valence-electron chi connectivity index (χ2n) is 3.54. The van der Waals surface area contributed by atoms with E-state index in [2.05, 4.69) is 17.0 Å². The van der Waals surface area contributed by atoms with E-state index in [9.17, 15) is 4.79 Å². The summed E-state index contributed by atoms with van der Waals surface area (Å²) in [5.74, 6) is -0.0806. The van der Waals surface area contributed by atoms with Gasteiger partial charge in [-0.05, 0) is 18.6 Å². The SMILES string of the molecule is CCCn1cc(C(=O)c2ccccn2)cn1. The van der Waals surface area contributed by atoms with Crippen LogP contribution in [0.25, 0.3) is 0 Å². The van der Waals surface area contributed by atoms with Crippen LogP contribution in [0.4, 0.5) is 0 Å². The van der Waals surface area contributed by atoms with Crippen molar-refractivity contribution in [2.75, 3.05) is 0 Å². The van der Waals surface area contributed by atoms with Gasteiger partial charge in [-0.2, -0.15) is 5.10 Å². The van der Waals surface area contributed by atoms with Gasteiger partial charge in [-0.3, -0.25) is 14.5 Å². The third-order valence-electron chi connectivity index (χ3n) is 2.25. The first-order valence-corrected chi connectivity index (χ1v) is 5.29. The minimum absolute atomic E-state index is 0.0806. The lowest BCUT2D eigenvalue weighted by Crippen LogP contribution is -2.02. The summed E-state index contributed by atoms with van der Waals surface area (Å²) >= 11 is 0. The monoisotopic (exact) mass is 215 g/mol. The smallest absolute Gasteiger partial charge is 0.214 e. The highest BCUT2D eigenvalue weighted by atomic mass is 16.1.